The topological polar surface area (TPSA) is 93.2 Å². The molecular weight excluding hydrogens is 256 g/mol. The van der Waals surface area contributed by atoms with Gasteiger partial charge in [0.05, 0.1) is 17.4 Å². The molecule has 0 saturated carbocycles. The Kier molecular flexibility index (Phi) is 3.01. The zero-order chi connectivity index (χ0) is 13.9. The lowest BCUT2D eigenvalue weighted by atomic mass is 10.2. The van der Waals surface area contributed by atoms with Crippen molar-refractivity contribution in [3.8, 4) is 17.6 Å². The first kappa shape index (κ1) is 12.1. The van der Waals surface area contributed by atoms with Gasteiger partial charge in [-0.3, -0.25) is 0 Å². The highest BCUT2D eigenvalue weighted by Gasteiger charge is 2.12. The van der Waals surface area contributed by atoms with Crippen molar-refractivity contribution in [3.05, 3.63) is 36.0 Å². The lowest BCUT2D eigenvalue weighted by molar-refractivity contribution is 0.171. The molecule has 0 unspecified atom stereocenters. The van der Waals surface area contributed by atoms with Crippen molar-refractivity contribution in [1.82, 2.24) is 4.98 Å². The highest BCUT2D eigenvalue weighted by molar-refractivity contribution is 5.67. The van der Waals surface area contributed by atoms with E-state index in [9.17, 15) is 0 Å². The minimum Gasteiger partial charge on any atom is -0.486 e. The smallest absolute Gasteiger partial charge is 0.163 e. The summed E-state index contributed by atoms with van der Waals surface area (Å²) < 4.78 is 11.0. The van der Waals surface area contributed by atoms with Gasteiger partial charge < -0.3 is 20.5 Å². The molecule has 0 saturated heterocycles. The maximum absolute atomic E-state index is 9.08. The largest absolute Gasteiger partial charge is 0.486 e. The Labute approximate surface area is 115 Å². The van der Waals surface area contributed by atoms with E-state index in [2.05, 4.69) is 16.4 Å². The number of ether oxygens (including phenoxy) is 2. The van der Waals surface area contributed by atoms with Crippen LogP contribution in [0, 0.1) is 11.3 Å². The molecule has 100 valence electrons. The normalized spacial score (nSPS) is 12.6. The van der Waals surface area contributed by atoms with Crippen molar-refractivity contribution >= 4 is 17.2 Å². The van der Waals surface area contributed by atoms with Gasteiger partial charge in [0.25, 0.3) is 0 Å². The fraction of sp³-hybridized carbons (Fsp3) is 0.143. The van der Waals surface area contributed by atoms with Crippen molar-refractivity contribution in [3.63, 3.8) is 0 Å². The molecule has 0 amide bonds. The van der Waals surface area contributed by atoms with Gasteiger partial charge >= 0.3 is 0 Å². The fourth-order valence-corrected chi connectivity index (χ4v) is 1.92. The Morgan fingerprint density at radius 3 is 2.80 bits per heavy atom. The van der Waals surface area contributed by atoms with Crippen LogP contribution in [0.15, 0.2) is 30.5 Å². The highest BCUT2D eigenvalue weighted by Crippen LogP contribution is 2.33. The standard InChI is InChI=1S/C14H12N4O2/c15-7-9-5-10(16)8-17-14(9)18-11-1-2-12-13(6-11)20-4-3-19-12/h1-2,5-6,8H,3-4,16H2,(H,17,18). The molecular formula is C14H12N4O2. The molecule has 1 aromatic carbocycles. The van der Waals surface area contributed by atoms with E-state index in [-0.39, 0.29) is 0 Å². The van der Waals surface area contributed by atoms with Gasteiger partial charge in [0.1, 0.15) is 25.1 Å². The van der Waals surface area contributed by atoms with Crippen LogP contribution in [0.2, 0.25) is 0 Å². The van der Waals surface area contributed by atoms with Crippen LogP contribution in [-0.4, -0.2) is 18.2 Å². The lowest BCUT2D eigenvalue weighted by Crippen LogP contribution is -2.15. The number of nitrogen functional groups attached to an aromatic ring is 1. The first-order chi connectivity index (χ1) is 9.76. The van der Waals surface area contributed by atoms with Gasteiger partial charge in [0, 0.05) is 11.8 Å². The fourth-order valence-electron chi connectivity index (χ4n) is 1.92. The Hall–Kier alpha value is -2.94. The van der Waals surface area contributed by atoms with Crippen LogP contribution < -0.4 is 20.5 Å². The summed E-state index contributed by atoms with van der Waals surface area (Å²) in [4.78, 5) is 4.13. The molecule has 1 aromatic heterocycles. The van der Waals surface area contributed by atoms with Crippen LogP contribution in [0.5, 0.6) is 11.5 Å². The molecule has 20 heavy (non-hydrogen) atoms. The number of hydrogen-bond donors (Lipinski definition) is 2. The molecule has 1 aliphatic rings. The number of benzene rings is 1. The second-order valence-corrected chi connectivity index (χ2v) is 4.26. The molecule has 6 nitrogen and oxygen atoms in total. The summed E-state index contributed by atoms with van der Waals surface area (Å²) in [7, 11) is 0. The molecule has 3 N–H and O–H groups in total. The van der Waals surface area contributed by atoms with E-state index in [0.29, 0.717) is 41.8 Å². The zero-order valence-electron chi connectivity index (χ0n) is 10.6. The number of rotatable bonds is 2. The lowest BCUT2D eigenvalue weighted by Gasteiger charge is -2.19. The summed E-state index contributed by atoms with van der Waals surface area (Å²) in [6.45, 7) is 1.08. The number of fused-ring (bicyclic) bond motifs is 1. The van der Waals surface area contributed by atoms with Gasteiger partial charge in [0.15, 0.2) is 11.5 Å². The van der Waals surface area contributed by atoms with Gasteiger partial charge in [0.2, 0.25) is 0 Å². The number of pyridine rings is 1. The van der Waals surface area contributed by atoms with E-state index in [4.69, 9.17) is 20.5 Å². The van der Waals surface area contributed by atoms with E-state index in [1.165, 1.54) is 6.20 Å². The third kappa shape index (κ3) is 2.29. The maximum Gasteiger partial charge on any atom is 0.163 e. The summed E-state index contributed by atoms with van der Waals surface area (Å²) in [6.07, 6.45) is 1.50. The number of nitriles is 1. The quantitative estimate of drug-likeness (QED) is 0.865. The first-order valence-corrected chi connectivity index (χ1v) is 6.08. The maximum atomic E-state index is 9.08. The van der Waals surface area contributed by atoms with E-state index in [1.807, 2.05) is 18.2 Å². The summed E-state index contributed by atoms with van der Waals surface area (Å²) in [5.41, 5.74) is 7.22. The number of hydrogen-bond acceptors (Lipinski definition) is 6. The SMILES string of the molecule is N#Cc1cc(N)cnc1Nc1ccc2c(c1)OCCO2. The molecule has 0 aliphatic carbocycles. The van der Waals surface area contributed by atoms with Crippen molar-refractivity contribution < 1.29 is 9.47 Å². The third-order valence-electron chi connectivity index (χ3n) is 2.83. The highest BCUT2D eigenvalue weighted by atomic mass is 16.6. The first-order valence-electron chi connectivity index (χ1n) is 6.08. The molecule has 0 fully saturated rings. The van der Waals surface area contributed by atoms with Gasteiger partial charge in [-0.2, -0.15) is 5.26 Å². The summed E-state index contributed by atoms with van der Waals surface area (Å²) in [6, 6.07) is 9.11. The Balaban J connectivity index is 1.90. The second kappa shape index (κ2) is 4.97. The van der Waals surface area contributed by atoms with Gasteiger partial charge in [-0.25, -0.2) is 4.98 Å². The van der Waals surface area contributed by atoms with E-state index in [1.54, 1.807) is 6.07 Å². The predicted molar refractivity (Wildman–Crippen MR) is 74.1 cm³/mol. The van der Waals surface area contributed by atoms with E-state index >= 15 is 0 Å². The van der Waals surface area contributed by atoms with Gasteiger partial charge in [-0.15, -0.1) is 0 Å². The minimum absolute atomic E-state index is 0.389. The molecule has 0 spiro atoms. The van der Waals surface area contributed by atoms with Crippen molar-refractivity contribution in [2.24, 2.45) is 0 Å². The Morgan fingerprint density at radius 1 is 1.20 bits per heavy atom. The van der Waals surface area contributed by atoms with Crippen LogP contribution in [0.3, 0.4) is 0 Å². The molecule has 0 radical (unpaired) electrons. The molecule has 1 aliphatic heterocycles. The molecule has 3 rings (SSSR count). The number of aromatic nitrogens is 1. The number of nitrogens with two attached hydrogens (primary N) is 1. The summed E-state index contributed by atoms with van der Waals surface area (Å²) in [5.74, 6) is 1.85. The average Bonchev–Trinajstić information content (AvgIpc) is 2.49. The Bertz CT molecular complexity index is 694. The summed E-state index contributed by atoms with van der Waals surface area (Å²) in [5, 5.41) is 12.2. The number of nitrogens with one attached hydrogen (secondary N) is 1. The van der Waals surface area contributed by atoms with Crippen molar-refractivity contribution in [2.75, 3.05) is 24.3 Å². The van der Waals surface area contributed by atoms with E-state index in [0.717, 1.165) is 5.69 Å². The van der Waals surface area contributed by atoms with Crippen LogP contribution in [0.25, 0.3) is 0 Å². The number of nitrogens with zero attached hydrogens (tertiary/aromatic N) is 2. The van der Waals surface area contributed by atoms with Crippen LogP contribution in [0.1, 0.15) is 5.56 Å². The molecule has 6 heteroatoms. The van der Waals surface area contributed by atoms with Crippen LogP contribution >= 0.6 is 0 Å². The number of anilines is 3. The van der Waals surface area contributed by atoms with Gasteiger partial charge in [-0.1, -0.05) is 0 Å². The molecule has 2 heterocycles. The molecule has 0 atom stereocenters. The van der Waals surface area contributed by atoms with Crippen molar-refractivity contribution in [2.45, 2.75) is 0 Å². The Morgan fingerprint density at radius 2 is 2.00 bits per heavy atom. The molecule has 0 bridgehead atoms. The van der Waals surface area contributed by atoms with Gasteiger partial charge in [-0.05, 0) is 18.2 Å². The minimum atomic E-state index is 0.389. The molecule has 2 aromatic rings. The summed E-state index contributed by atoms with van der Waals surface area (Å²) >= 11 is 0. The van der Waals surface area contributed by atoms with Crippen LogP contribution in [0.4, 0.5) is 17.2 Å². The van der Waals surface area contributed by atoms with Crippen LogP contribution in [-0.2, 0) is 0 Å². The third-order valence-corrected chi connectivity index (χ3v) is 2.83. The van der Waals surface area contributed by atoms with Crippen molar-refractivity contribution in [1.29, 1.82) is 5.26 Å². The van der Waals surface area contributed by atoms with E-state index < -0.39 is 0 Å². The second-order valence-electron chi connectivity index (χ2n) is 4.26. The average molecular weight is 268 g/mol. The zero-order valence-corrected chi connectivity index (χ0v) is 10.6. The predicted octanol–water partition coefficient (Wildman–Crippen LogP) is 2.05. The monoisotopic (exact) mass is 268 g/mol.